The molecule has 132 valence electrons. The Morgan fingerprint density at radius 1 is 1.20 bits per heavy atom. The maximum Gasteiger partial charge on any atom is 0.262 e. The number of halogens is 2. The van der Waals surface area contributed by atoms with E-state index in [9.17, 15) is 4.79 Å². The number of carbonyl (C=O) groups is 1. The fraction of sp³-hybridized carbons (Fsp3) is 0.333. The van der Waals surface area contributed by atoms with Gasteiger partial charge in [0.15, 0.2) is 6.61 Å². The minimum absolute atomic E-state index is 0.149. The van der Waals surface area contributed by atoms with Crippen LogP contribution in [0.15, 0.2) is 36.5 Å². The maximum atomic E-state index is 12.0. The second-order valence-corrected chi connectivity index (χ2v) is 6.81. The molecule has 0 radical (unpaired) electrons. The number of amides is 1. The van der Waals surface area contributed by atoms with Crippen LogP contribution in [0.25, 0.3) is 0 Å². The molecule has 0 aliphatic heterocycles. The fourth-order valence-electron chi connectivity index (χ4n) is 2.77. The molecule has 1 aliphatic rings. The van der Waals surface area contributed by atoms with Crippen LogP contribution >= 0.6 is 23.2 Å². The summed E-state index contributed by atoms with van der Waals surface area (Å²) < 4.78 is 5.40. The zero-order chi connectivity index (χ0) is 17.6. The van der Waals surface area contributed by atoms with Crippen LogP contribution in [0.3, 0.4) is 0 Å². The van der Waals surface area contributed by atoms with E-state index in [1.807, 2.05) is 12.1 Å². The van der Waals surface area contributed by atoms with Crippen molar-refractivity contribution in [3.8, 4) is 5.75 Å². The number of hydrogen-bond donors (Lipinski definition) is 2. The summed E-state index contributed by atoms with van der Waals surface area (Å²) in [7, 11) is 0. The number of nitrogens with one attached hydrogen (secondary N) is 2. The van der Waals surface area contributed by atoms with Gasteiger partial charge in [0, 0.05) is 11.1 Å². The lowest BCUT2D eigenvalue weighted by atomic mass is 10.2. The summed E-state index contributed by atoms with van der Waals surface area (Å²) in [6.45, 7) is -0.149. The third kappa shape index (κ3) is 5.25. The first-order valence-electron chi connectivity index (χ1n) is 8.20. The highest BCUT2D eigenvalue weighted by molar-refractivity contribution is 6.35. The van der Waals surface area contributed by atoms with Crippen molar-refractivity contribution in [2.45, 2.75) is 31.7 Å². The van der Waals surface area contributed by atoms with Gasteiger partial charge in [-0.3, -0.25) is 4.79 Å². The molecule has 1 aliphatic carbocycles. The largest absolute Gasteiger partial charge is 0.482 e. The number of nitrogens with zero attached hydrogens (tertiary/aromatic N) is 1. The highest BCUT2D eigenvalue weighted by Gasteiger charge is 2.14. The molecule has 1 aromatic carbocycles. The van der Waals surface area contributed by atoms with E-state index in [-0.39, 0.29) is 12.5 Å². The molecule has 0 spiro atoms. The molecule has 2 aromatic rings. The predicted octanol–water partition coefficient (Wildman–Crippen LogP) is 4.76. The van der Waals surface area contributed by atoms with Crippen molar-refractivity contribution in [3.05, 3.63) is 46.6 Å². The van der Waals surface area contributed by atoms with E-state index >= 15 is 0 Å². The van der Waals surface area contributed by atoms with Crippen molar-refractivity contribution in [1.29, 1.82) is 0 Å². The van der Waals surface area contributed by atoms with Crippen molar-refractivity contribution >= 4 is 40.6 Å². The first kappa shape index (κ1) is 17.8. The number of hydrogen-bond acceptors (Lipinski definition) is 4. The number of ether oxygens (including phenoxy) is 1. The molecule has 2 N–H and O–H groups in total. The van der Waals surface area contributed by atoms with Gasteiger partial charge >= 0.3 is 0 Å². The molecule has 25 heavy (non-hydrogen) atoms. The lowest BCUT2D eigenvalue weighted by Gasteiger charge is -2.13. The van der Waals surface area contributed by atoms with Crippen molar-refractivity contribution < 1.29 is 9.53 Å². The Morgan fingerprint density at radius 3 is 2.68 bits per heavy atom. The lowest BCUT2D eigenvalue weighted by Crippen LogP contribution is -2.20. The van der Waals surface area contributed by atoms with Gasteiger partial charge in [0.1, 0.15) is 11.6 Å². The Labute approximate surface area is 156 Å². The van der Waals surface area contributed by atoms with Crippen LogP contribution in [0, 0.1) is 0 Å². The minimum atomic E-state index is -0.288. The third-order valence-electron chi connectivity index (χ3n) is 4.01. The van der Waals surface area contributed by atoms with Gasteiger partial charge in [0.2, 0.25) is 0 Å². The van der Waals surface area contributed by atoms with Crippen molar-refractivity contribution in [3.63, 3.8) is 0 Å². The zero-order valence-corrected chi connectivity index (χ0v) is 15.1. The lowest BCUT2D eigenvalue weighted by molar-refractivity contribution is -0.118. The van der Waals surface area contributed by atoms with Crippen LogP contribution in [0.5, 0.6) is 5.75 Å². The number of rotatable bonds is 6. The van der Waals surface area contributed by atoms with E-state index < -0.39 is 0 Å². The smallest absolute Gasteiger partial charge is 0.262 e. The van der Waals surface area contributed by atoms with Crippen molar-refractivity contribution in [2.75, 3.05) is 17.2 Å². The summed E-state index contributed by atoms with van der Waals surface area (Å²) >= 11 is 11.8. The topological polar surface area (TPSA) is 63.2 Å². The second-order valence-electron chi connectivity index (χ2n) is 5.97. The van der Waals surface area contributed by atoms with Gasteiger partial charge in [0.25, 0.3) is 5.91 Å². The molecule has 3 rings (SSSR count). The Balaban J connectivity index is 1.48. The SMILES string of the molecule is O=C(COc1ccc(Cl)cc1Cl)Nc1ccc(NC2CCCC2)nc1. The molecule has 0 bridgehead atoms. The van der Waals surface area contributed by atoms with Gasteiger partial charge in [-0.15, -0.1) is 0 Å². The zero-order valence-electron chi connectivity index (χ0n) is 13.6. The highest BCUT2D eigenvalue weighted by atomic mass is 35.5. The van der Waals surface area contributed by atoms with Crippen molar-refractivity contribution in [1.82, 2.24) is 4.98 Å². The van der Waals surface area contributed by atoms with E-state index in [2.05, 4.69) is 15.6 Å². The average Bonchev–Trinajstić information content (AvgIpc) is 3.09. The van der Waals surface area contributed by atoms with E-state index in [1.54, 1.807) is 24.4 Å². The molecule has 1 saturated carbocycles. The maximum absolute atomic E-state index is 12.0. The molecule has 0 unspecified atom stereocenters. The van der Waals surface area contributed by atoms with Crippen LogP contribution in [-0.2, 0) is 4.79 Å². The van der Waals surface area contributed by atoms with E-state index in [0.29, 0.717) is 27.5 Å². The number of anilines is 2. The molecule has 1 fully saturated rings. The first-order chi connectivity index (χ1) is 12.1. The predicted molar refractivity (Wildman–Crippen MR) is 101 cm³/mol. The normalized spacial score (nSPS) is 14.3. The molecule has 7 heteroatoms. The summed E-state index contributed by atoms with van der Waals surface area (Å²) in [6.07, 6.45) is 6.53. The Bertz CT molecular complexity index is 732. The molecule has 1 aromatic heterocycles. The van der Waals surface area contributed by atoms with Gasteiger partial charge < -0.3 is 15.4 Å². The summed E-state index contributed by atoms with van der Waals surface area (Å²) in [5.74, 6) is 0.953. The summed E-state index contributed by atoms with van der Waals surface area (Å²) in [4.78, 5) is 16.3. The highest BCUT2D eigenvalue weighted by Crippen LogP contribution is 2.27. The van der Waals surface area contributed by atoms with Crippen LogP contribution in [0.1, 0.15) is 25.7 Å². The number of benzene rings is 1. The first-order valence-corrected chi connectivity index (χ1v) is 8.96. The monoisotopic (exact) mass is 379 g/mol. The average molecular weight is 380 g/mol. The van der Waals surface area contributed by atoms with E-state index in [0.717, 1.165) is 5.82 Å². The number of aromatic nitrogens is 1. The summed E-state index contributed by atoms with van der Waals surface area (Å²) in [5.41, 5.74) is 0.618. The molecule has 0 saturated heterocycles. The van der Waals surface area contributed by atoms with E-state index in [1.165, 1.54) is 25.7 Å². The molecule has 0 atom stereocenters. The number of carbonyl (C=O) groups excluding carboxylic acids is 1. The summed E-state index contributed by atoms with van der Waals surface area (Å²) in [5, 5.41) is 7.02. The van der Waals surface area contributed by atoms with Gasteiger partial charge in [-0.25, -0.2) is 4.98 Å². The van der Waals surface area contributed by atoms with Crippen LogP contribution in [0.2, 0.25) is 10.0 Å². The molecule has 1 heterocycles. The van der Waals surface area contributed by atoms with Crippen LogP contribution in [0.4, 0.5) is 11.5 Å². The molecule has 1 amide bonds. The van der Waals surface area contributed by atoms with Gasteiger partial charge in [-0.1, -0.05) is 36.0 Å². The molecular formula is C18H19Cl2N3O2. The standard InChI is InChI=1S/C18H19Cl2N3O2/c19-12-5-7-16(15(20)9-12)25-11-18(24)23-14-6-8-17(21-10-14)22-13-3-1-2-4-13/h5-10,13H,1-4,11H2,(H,21,22)(H,23,24). The fourth-order valence-corrected chi connectivity index (χ4v) is 3.23. The van der Waals surface area contributed by atoms with Gasteiger partial charge in [0.05, 0.1) is 16.9 Å². The van der Waals surface area contributed by atoms with Crippen LogP contribution < -0.4 is 15.4 Å². The minimum Gasteiger partial charge on any atom is -0.482 e. The summed E-state index contributed by atoms with van der Waals surface area (Å²) in [6, 6.07) is 9.04. The molecular weight excluding hydrogens is 361 g/mol. The van der Waals surface area contributed by atoms with Crippen molar-refractivity contribution in [2.24, 2.45) is 0 Å². The van der Waals surface area contributed by atoms with Crippen LogP contribution in [-0.4, -0.2) is 23.5 Å². The van der Waals surface area contributed by atoms with E-state index in [4.69, 9.17) is 27.9 Å². The van der Waals surface area contributed by atoms with Gasteiger partial charge in [-0.2, -0.15) is 0 Å². The Hall–Kier alpha value is -1.98. The third-order valence-corrected chi connectivity index (χ3v) is 4.54. The molecule has 5 nitrogen and oxygen atoms in total. The quantitative estimate of drug-likeness (QED) is 0.759. The Morgan fingerprint density at radius 2 is 2.00 bits per heavy atom. The Kier molecular flexibility index (Phi) is 6.00. The second kappa shape index (κ2) is 8.41. The number of pyridine rings is 1. The van der Waals surface area contributed by atoms with Gasteiger partial charge in [-0.05, 0) is 43.2 Å².